The van der Waals surface area contributed by atoms with E-state index in [1.165, 1.54) is 0 Å². The number of furan rings is 1. The monoisotopic (exact) mass is 392 g/mol. The van der Waals surface area contributed by atoms with Gasteiger partial charge in [0.15, 0.2) is 5.76 Å². The topological polar surface area (TPSA) is 63.0 Å². The molecule has 0 radical (unpaired) electrons. The van der Waals surface area contributed by atoms with Gasteiger partial charge in [0.25, 0.3) is 5.91 Å². The van der Waals surface area contributed by atoms with Crippen molar-refractivity contribution in [2.75, 3.05) is 26.2 Å². The van der Waals surface area contributed by atoms with E-state index in [1.807, 2.05) is 54.6 Å². The number of fused-ring (bicyclic) bond motifs is 1. The molecule has 150 valence electrons. The summed E-state index contributed by atoms with van der Waals surface area (Å²) in [4.78, 5) is 28.5. The van der Waals surface area contributed by atoms with E-state index in [4.69, 9.17) is 9.15 Å². The fourth-order valence-corrected chi connectivity index (χ4v) is 3.67. The van der Waals surface area contributed by atoms with E-state index in [1.54, 1.807) is 16.7 Å². The van der Waals surface area contributed by atoms with E-state index >= 15 is 0 Å². The van der Waals surface area contributed by atoms with Crippen LogP contribution in [0.4, 0.5) is 0 Å². The molecule has 0 bridgehead atoms. The highest BCUT2D eigenvalue weighted by Crippen LogP contribution is 2.28. The second kappa shape index (κ2) is 8.39. The van der Waals surface area contributed by atoms with Crippen LogP contribution in [-0.4, -0.2) is 47.8 Å². The molecule has 2 heterocycles. The molecule has 0 aliphatic carbocycles. The van der Waals surface area contributed by atoms with Crippen molar-refractivity contribution < 1.29 is 18.7 Å². The van der Waals surface area contributed by atoms with Gasteiger partial charge in [-0.15, -0.1) is 0 Å². The number of carbonyl (C=O) groups is 2. The third kappa shape index (κ3) is 4.11. The molecule has 0 atom stereocenters. The lowest BCUT2D eigenvalue weighted by Gasteiger charge is -2.21. The van der Waals surface area contributed by atoms with E-state index in [0.717, 1.165) is 23.1 Å². The summed E-state index contributed by atoms with van der Waals surface area (Å²) < 4.78 is 11.9. The molecule has 6 nitrogen and oxygen atoms in total. The lowest BCUT2D eigenvalue weighted by atomic mass is 10.1. The molecule has 0 saturated carbocycles. The standard InChI is InChI=1S/C23H24N2O4/c1-17(26)24-12-7-13-25(15-14-24)23(27)22-20(16-28-18-8-3-2-4-9-18)19-10-5-6-11-21(19)29-22/h2-6,8-11H,7,12-16H2,1H3. The SMILES string of the molecule is CC(=O)N1CCCN(C(=O)c2oc3ccccc3c2COc2ccccc2)CC1. The Morgan fingerprint density at radius 1 is 0.931 bits per heavy atom. The predicted octanol–water partition coefficient (Wildman–Crippen LogP) is 3.71. The summed E-state index contributed by atoms with van der Waals surface area (Å²) in [5.74, 6) is 0.944. The Labute approximate surface area is 169 Å². The highest BCUT2D eigenvalue weighted by molar-refractivity contribution is 5.99. The molecule has 1 aliphatic rings. The highest BCUT2D eigenvalue weighted by Gasteiger charge is 2.27. The summed E-state index contributed by atoms with van der Waals surface area (Å²) in [6.07, 6.45) is 0.751. The third-order valence-electron chi connectivity index (χ3n) is 5.25. The lowest BCUT2D eigenvalue weighted by Crippen LogP contribution is -2.36. The molecular formula is C23H24N2O4. The molecule has 0 N–H and O–H groups in total. The molecule has 1 aliphatic heterocycles. The number of hydrogen-bond donors (Lipinski definition) is 0. The molecule has 6 heteroatoms. The average Bonchev–Trinajstić information content (AvgIpc) is 2.92. The summed E-state index contributed by atoms with van der Waals surface area (Å²) in [5.41, 5.74) is 1.42. The highest BCUT2D eigenvalue weighted by atomic mass is 16.5. The number of hydrogen-bond acceptors (Lipinski definition) is 4. The number of amides is 2. The van der Waals surface area contributed by atoms with Crippen LogP contribution < -0.4 is 4.74 Å². The number of para-hydroxylation sites is 2. The van der Waals surface area contributed by atoms with E-state index < -0.39 is 0 Å². The fourth-order valence-electron chi connectivity index (χ4n) is 3.67. The Morgan fingerprint density at radius 3 is 2.41 bits per heavy atom. The first-order chi connectivity index (χ1) is 14.1. The van der Waals surface area contributed by atoms with Gasteiger partial charge in [-0.25, -0.2) is 0 Å². The van der Waals surface area contributed by atoms with Gasteiger partial charge in [-0.2, -0.15) is 0 Å². The van der Waals surface area contributed by atoms with E-state index in [2.05, 4.69) is 0 Å². The average molecular weight is 392 g/mol. The second-order valence-electron chi connectivity index (χ2n) is 7.16. The van der Waals surface area contributed by atoms with Crippen LogP contribution in [0.1, 0.15) is 29.5 Å². The van der Waals surface area contributed by atoms with Gasteiger partial charge in [-0.3, -0.25) is 9.59 Å². The van der Waals surface area contributed by atoms with Crippen molar-refractivity contribution >= 4 is 22.8 Å². The number of nitrogens with zero attached hydrogens (tertiary/aromatic N) is 2. The molecule has 1 fully saturated rings. The Hall–Kier alpha value is -3.28. The van der Waals surface area contributed by atoms with Crippen LogP contribution in [0.5, 0.6) is 5.75 Å². The number of ether oxygens (including phenoxy) is 1. The molecule has 2 aromatic carbocycles. The summed E-state index contributed by atoms with van der Waals surface area (Å²) in [6.45, 7) is 4.11. The smallest absolute Gasteiger partial charge is 0.290 e. The van der Waals surface area contributed by atoms with Gasteiger partial charge in [0.05, 0.1) is 0 Å². The number of benzene rings is 2. The summed E-state index contributed by atoms with van der Waals surface area (Å²) >= 11 is 0. The van der Waals surface area contributed by atoms with Crippen molar-refractivity contribution in [3.63, 3.8) is 0 Å². The molecule has 0 unspecified atom stereocenters. The largest absolute Gasteiger partial charge is 0.489 e. The number of carbonyl (C=O) groups excluding carboxylic acids is 2. The van der Waals surface area contributed by atoms with Crippen molar-refractivity contribution in [1.82, 2.24) is 9.80 Å². The van der Waals surface area contributed by atoms with Crippen LogP contribution in [0, 0.1) is 0 Å². The quantitative estimate of drug-likeness (QED) is 0.679. The zero-order valence-electron chi connectivity index (χ0n) is 16.5. The Kier molecular flexibility index (Phi) is 5.51. The van der Waals surface area contributed by atoms with Crippen molar-refractivity contribution in [2.45, 2.75) is 20.0 Å². The molecule has 1 saturated heterocycles. The Balaban J connectivity index is 1.60. The van der Waals surface area contributed by atoms with E-state index in [9.17, 15) is 9.59 Å². The zero-order valence-corrected chi connectivity index (χ0v) is 16.5. The molecule has 1 aromatic heterocycles. The maximum Gasteiger partial charge on any atom is 0.290 e. The second-order valence-corrected chi connectivity index (χ2v) is 7.16. The minimum absolute atomic E-state index is 0.0417. The van der Waals surface area contributed by atoms with Gasteiger partial charge in [0.1, 0.15) is 17.9 Å². The van der Waals surface area contributed by atoms with E-state index in [-0.39, 0.29) is 18.4 Å². The first kappa shape index (κ1) is 19.1. The van der Waals surface area contributed by atoms with Gasteiger partial charge >= 0.3 is 0 Å². The lowest BCUT2D eigenvalue weighted by molar-refractivity contribution is -0.128. The van der Waals surface area contributed by atoms with Crippen molar-refractivity contribution in [3.05, 3.63) is 65.9 Å². The van der Waals surface area contributed by atoms with Crippen LogP contribution in [-0.2, 0) is 11.4 Å². The van der Waals surface area contributed by atoms with Crippen molar-refractivity contribution in [1.29, 1.82) is 0 Å². The molecular weight excluding hydrogens is 368 g/mol. The van der Waals surface area contributed by atoms with Gasteiger partial charge in [0.2, 0.25) is 5.91 Å². The zero-order chi connectivity index (χ0) is 20.2. The van der Waals surface area contributed by atoms with Gasteiger partial charge in [-0.05, 0) is 24.6 Å². The molecule has 0 spiro atoms. The molecule has 29 heavy (non-hydrogen) atoms. The van der Waals surface area contributed by atoms with Crippen LogP contribution in [0.3, 0.4) is 0 Å². The first-order valence-electron chi connectivity index (χ1n) is 9.86. The van der Waals surface area contributed by atoms with Crippen molar-refractivity contribution in [3.8, 4) is 5.75 Å². The maximum absolute atomic E-state index is 13.3. The minimum atomic E-state index is -0.154. The van der Waals surface area contributed by atoms with Crippen LogP contribution in [0.25, 0.3) is 11.0 Å². The third-order valence-corrected chi connectivity index (χ3v) is 5.25. The molecule has 4 rings (SSSR count). The summed E-state index contributed by atoms with van der Waals surface area (Å²) in [6, 6.07) is 17.1. The van der Waals surface area contributed by atoms with E-state index in [0.29, 0.717) is 37.5 Å². The first-order valence-corrected chi connectivity index (χ1v) is 9.86. The maximum atomic E-state index is 13.3. The Bertz CT molecular complexity index is 1010. The summed E-state index contributed by atoms with van der Waals surface area (Å²) in [5, 5.41) is 0.881. The Morgan fingerprint density at radius 2 is 1.62 bits per heavy atom. The van der Waals surface area contributed by atoms with Gasteiger partial charge < -0.3 is 19.0 Å². The van der Waals surface area contributed by atoms with Gasteiger partial charge in [-0.1, -0.05) is 36.4 Å². The van der Waals surface area contributed by atoms with Crippen molar-refractivity contribution in [2.24, 2.45) is 0 Å². The predicted molar refractivity (Wildman–Crippen MR) is 110 cm³/mol. The summed E-state index contributed by atoms with van der Waals surface area (Å²) in [7, 11) is 0. The van der Waals surface area contributed by atoms with Crippen LogP contribution >= 0.6 is 0 Å². The molecule has 2 amide bonds. The van der Waals surface area contributed by atoms with Crippen LogP contribution in [0.15, 0.2) is 59.0 Å². The molecule has 3 aromatic rings. The van der Waals surface area contributed by atoms with Gasteiger partial charge in [0, 0.05) is 44.1 Å². The minimum Gasteiger partial charge on any atom is -0.489 e. The number of rotatable bonds is 4. The normalized spacial score (nSPS) is 14.7. The van der Waals surface area contributed by atoms with Crippen LogP contribution in [0.2, 0.25) is 0 Å². The fraction of sp³-hybridized carbons (Fsp3) is 0.304.